The molecule has 1 aliphatic heterocycles. The van der Waals surface area contributed by atoms with Crippen molar-refractivity contribution in [3.8, 4) is 22.8 Å². The van der Waals surface area contributed by atoms with E-state index in [1.807, 2.05) is 0 Å². The van der Waals surface area contributed by atoms with Gasteiger partial charge in [0.05, 0.1) is 44.8 Å². The van der Waals surface area contributed by atoms with Crippen LogP contribution in [-0.4, -0.2) is 33.2 Å². The minimum Gasteiger partial charge on any atom is -0.493 e. The van der Waals surface area contributed by atoms with Crippen LogP contribution in [0.2, 0.25) is 0 Å². The normalized spacial score (nSPS) is 14.5. The van der Waals surface area contributed by atoms with Crippen LogP contribution >= 0.6 is 0 Å². The molecule has 0 N–H and O–H groups in total. The first-order chi connectivity index (χ1) is 14.6. The highest BCUT2D eigenvalue weighted by Gasteiger charge is 2.27. The Morgan fingerprint density at radius 1 is 1.07 bits per heavy atom. The van der Waals surface area contributed by atoms with Gasteiger partial charge in [0.2, 0.25) is 0 Å². The van der Waals surface area contributed by atoms with Gasteiger partial charge in [-0.2, -0.15) is 0 Å². The van der Waals surface area contributed by atoms with Crippen LogP contribution in [0.25, 0.3) is 11.3 Å². The Kier molecular flexibility index (Phi) is 5.83. The summed E-state index contributed by atoms with van der Waals surface area (Å²) in [5.41, 5.74) is 1.27. The monoisotopic (exact) mass is 412 g/mol. The molecule has 1 aromatic heterocycles. The fraction of sp³-hybridized carbons (Fsp3) is 0.261. The first kappa shape index (κ1) is 20.1. The molecule has 0 aliphatic carbocycles. The SMILES string of the molecule is COc1cc(C(=O)c2cc(-c3ccco3)ccc2F)cc(C2OCCCO2)c1OC. The van der Waals surface area contributed by atoms with Crippen molar-refractivity contribution in [2.24, 2.45) is 0 Å². The second kappa shape index (κ2) is 8.69. The van der Waals surface area contributed by atoms with Crippen molar-refractivity contribution < 1.29 is 32.5 Å². The lowest BCUT2D eigenvalue weighted by molar-refractivity contribution is -0.183. The third-order valence-electron chi connectivity index (χ3n) is 4.87. The molecule has 0 amide bonds. The van der Waals surface area contributed by atoms with Gasteiger partial charge in [0.1, 0.15) is 11.6 Å². The van der Waals surface area contributed by atoms with Gasteiger partial charge in [-0.15, -0.1) is 0 Å². The minimum atomic E-state index is -0.699. The van der Waals surface area contributed by atoms with Gasteiger partial charge in [-0.3, -0.25) is 4.79 Å². The third-order valence-corrected chi connectivity index (χ3v) is 4.87. The van der Waals surface area contributed by atoms with Crippen LogP contribution in [0.5, 0.6) is 11.5 Å². The lowest BCUT2D eigenvalue weighted by Crippen LogP contribution is -2.19. The Hall–Kier alpha value is -3.16. The Labute approximate surface area is 173 Å². The van der Waals surface area contributed by atoms with Crippen LogP contribution < -0.4 is 9.47 Å². The van der Waals surface area contributed by atoms with Crippen LogP contribution in [0, 0.1) is 5.82 Å². The van der Waals surface area contributed by atoms with E-state index in [0.717, 1.165) is 6.42 Å². The number of ketones is 1. The van der Waals surface area contributed by atoms with Crippen LogP contribution in [0.3, 0.4) is 0 Å². The van der Waals surface area contributed by atoms with Gasteiger partial charge in [0.25, 0.3) is 0 Å². The fourth-order valence-electron chi connectivity index (χ4n) is 3.42. The Morgan fingerprint density at radius 3 is 2.53 bits per heavy atom. The van der Waals surface area contributed by atoms with E-state index < -0.39 is 17.9 Å². The number of methoxy groups -OCH3 is 2. The van der Waals surface area contributed by atoms with Crippen LogP contribution in [0.15, 0.2) is 53.1 Å². The minimum absolute atomic E-state index is 0.0763. The molecule has 3 aromatic rings. The van der Waals surface area contributed by atoms with Crippen LogP contribution in [-0.2, 0) is 9.47 Å². The Bertz CT molecular complexity index is 1040. The molecule has 0 atom stereocenters. The lowest BCUT2D eigenvalue weighted by atomic mass is 9.97. The molecule has 0 radical (unpaired) electrons. The number of benzene rings is 2. The number of hydrogen-bond acceptors (Lipinski definition) is 6. The van der Waals surface area contributed by atoms with Crippen molar-refractivity contribution in [1.82, 2.24) is 0 Å². The molecule has 1 aliphatic rings. The predicted octanol–water partition coefficient (Wildman–Crippen LogP) is 4.77. The molecule has 2 aromatic carbocycles. The van der Waals surface area contributed by atoms with E-state index in [4.69, 9.17) is 23.4 Å². The molecule has 6 nitrogen and oxygen atoms in total. The average Bonchev–Trinajstić information content (AvgIpc) is 3.33. The molecule has 0 spiro atoms. The summed E-state index contributed by atoms with van der Waals surface area (Å²) in [4.78, 5) is 13.2. The van der Waals surface area contributed by atoms with Crippen molar-refractivity contribution in [2.45, 2.75) is 12.7 Å². The summed E-state index contributed by atoms with van der Waals surface area (Å²) >= 11 is 0. The van der Waals surface area contributed by atoms with Crippen molar-refractivity contribution in [3.63, 3.8) is 0 Å². The fourth-order valence-corrected chi connectivity index (χ4v) is 3.42. The van der Waals surface area contributed by atoms with Crippen molar-refractivity contribution in [1.29, 1.82) is 0 Å². The summed E-state index contributed by atoms with van der Waals surface area (Å²) in [6, 6.07) is 10.9. The van der Waals surface area contributed by atoms with E-state index in [-0.39, 0.29) is 11.1 Å². The molecule has 7 heteroatoms. The molecular formula is C23H21FO6. The quantitative estimate of drug-likeness (QED) is 0.544. The van der Waals surface area contributed by atoms with Crippen LogP contribution in [0.4, 0.5) is 4.39 Å². The topological polar surface area (TPSA) is 67.1 Å². The lowest BCUT2D eigenvalue weighted by Gasteiger charge is -2.26. The zero-order valence-corrected chi connectivity index (χ0v) is 16.6. The molecule has 0 bridgehead atoms. The van der Waals surface area contributed by atoms with Gasteiger partial charge in [-0.05, 0) is 48.9 Å². The van der Waals surface area contributed by atoms with E-state index in [1.165, 1.54) is 38.7 Å². The molecular weight excluding hydrogens is 391 g/mol. The number of halogens is 1. The highest BCUT2D eigenvalue weighted by Crippen LogP contribution is 2.39. The van der Waals surface area contributed by atoms with E-state index >= 15 is 0 Å². The molecule has 1 fully saturated rings. The first-order valence-electron chi connectivity index (χ1n) is 9.49. The second-order valence-corrected chi connectivity index (χ2v) is 6.73. The third kappa shape index (κ3) is 3.81. The number of carbonyl (C=O) groups is 1. The van der Waals surface area contributed by atoms with Crippen molar-refractivity contribution in [2.75, 3.05) is 27.4 Å². The molecule has 156 valence electrons. The van der Waals surface area contributed by atoms with Gasteiger partial charge >= 0.3 is 0 Å². The summed E-state index contributed by atoms with van der Waals surface area (Å²) < 4.78 is 42.2. The van der Waals surface area contributed by atoms with E-state index in [9.17, 15) is 9.18 Å². The number of carbonyl (C=O) groups excluding carboxylic acids is 1. The summed E-state index contributed by atoms with van der Waals surface area (Å²) in [6.45, 7) is 1.04. The smallest absolute Gasteiger partial charge is 0.196 e. The first-order valence-corrected chi connectivity index (χ1v) is 9.49. The average molecular weight is 412 g/mol. The van der Waals surface area contributed by atoms with E-state index in [0.29, 0.717) is 41.6 Å². The number of hydrogen-bond donors (Lipinski definition) is 0. The maximum Gasteiger partial charge on any atom is 0.196 e. The number of rotatable bonds is 6. The molecule has 30 heavy (non-hydrogen) atoms. The van der Waals surface area contributed by atoms with Crippen molar-refractivity contribution in [3.05, 3.63) is 71.2 Å². The highest BCUT2D eigenvalue weighted by molar-refractivity contribution is 6.10. The van der Waals surface area contributed by atoms with E-state index in [1.54, 1.807) is 24.3 Å². The summed E-state index contributed by atoms with van der Waals surface area (Å²) in [6.07, 6.45) is 1.60. The zero-order valence-electron chi connectivity index (χ0n) is 16.6. The van der Waals surface area contributed by atoms with Gasteiger partial charge in [-0.25, -0.2) is 4.39 Å². The highest BCUT2D eigenvalue weighted by atomic mass is 19.1. The maximum atomic E-state index is 14.6. The Morgan fingerprint density at radius 2 is 1.87 bits per heavy atom. The van der Waals surface area contributed by atoms with Gasteiger partial charge < -0.3 is 23.4 Å². The summed E-state index contributed by atoms with van der Waals surface area (Å²) in [5.74, 6) is 0.154. The van der Waals surface area contributed by atoms with Crippen LogP contribution in [0.1, 0.15) is 34.2 Å². The molecule has 0 saturated carbocycles. The number of furan rings is 1. The standard InChI is InChI=1S/C23H21FO6/c1-26-20-13-15(12-17(22(20)27-2)23-29-9-4-10-30-23)21(25)16-11-14(6-7-18(16)24)19-5-3-8-28-19/h3,5-8,11-13,23H,4,9-10H2,1-2H3. The summed E-state index contributed by atoms with van der Waals surface area (Å²) in [5, 5.41) is 0. The largest absolute Gasteiger partial charge is 0.493 e. The Balaban J connectivity index is 1.78. The molecule has 0 unspecified atom stereocenters. The van der Waals surface area contributed by atoms with E-state index in [2.05, 4.69) is 0 Å². The van der Waals surface area contributed by atoms with Gasteiger partial charge in [-0.1, -0.05) is 0 Å². The van der Waals surface area contributed by atoms with Crippen molar-refractivity contribution >= 4 is 5.78 Å². The summed E-state index contributed by atoms with van der Waals surface area (Å²) in [7, 11) is 2.97. The molecule has 2 heterocycles. The zero-order chi connectivity index (χ0) is 21.1. The molecule has 1 saturated heterocycles. The predicted molar refractivity (Wildman–Crippen MR) is 106 cm³/mol. The van der Waals surface area contributed by atoms with Gasteiger partial charge in [0, 0.05) is 11.1 Å². The maximum absolute atomic E-state index is 14.6. The van der Waals surface area contributed by atoms with Gasteiger partial charge in [0.15, 0.2) is 23.6 Å². The number of ether oxygens (including phenoxy) is 4. The second-order valence-electron chi connectivity index (χ2n) is 6.73. The molecule has 4 rings (SSSR count).